The lowest BCUT2D eigenvalue weighted by atomic mass is 10.1. The summed E-state index contributed by atoms with van der Waals surface area (Å²) >= 11 is 0. The van der Waals surface area contributed by atoms with Crippen LogP contribution < -0.4 is 4.90 Å². The summed E-state index contributed by atoms with van der Waals surface area (Å²) in [5.41, 5.74) is 0.795. The van der Waals surface area contributed by atoms with Crippen LogP contribution >= 0.6 is 0 Å². The van der Waals surface area contributed by atoms with Crippen LogP contribution in [0, 0.1) is 5.82 Å². The Kier molecular flexibility index (Phi) is 4.29. The average Bonchev–Trinajstić information content (AvgIpc) is 3.01. The molecule has 1 aromatic heterocycles. The molecule has 1 aliphatic heterocycles. The van der Waals surface area contributed by atoms with E-state index < -0.39 is 12.2 Å². The molecule has 1 unspecified atom stereocenters. The minimum atomic E-state index is -4.40. The molecule has 4 nitrogen and oxygen atoms in total. The second-order valence-electron chi connectivity index (χ2n) is 5.65. The van der Waals surface area contributed by atoms with Gasteiger partial charge in [0.2, 0.25) is 5.91 Å². The smallest absolute Gasteiger partial charge is 0.297 e. The molecule has 1 amide bonds. The highest BCUT2D eigenvalue weighted by Crippen LogP contribution is 2.39. The van der Waals surface area contributed by atoms with Crippen LogP contribution in [0.15, 0.2) is 36.5 Å². The van der Waals surface area contributed by atoms with Gasteiger partial charge >= 0.3 is 6.18 Å². The first-order valence-corrected chi connectivity index (χ1v) is 7.51. The zero-order valence-electron chi connectivity index (χ0n) is 12.6. The summed E-state index contributed by atoms with van der Waals surface area (Å²) in [6.07, 6.45) is -2.83. The Morgan fingerprint density at radius 2 is 1.92 bits per heavy atom. The molecule has 2 aromatic rings. The second-order valence-corrected chi connectivity index (χ2v) is 5.65. The van der Waals surface area contributed by atoms with E-state index in [1.165, 1.54) is 29.3 Å². The van der Waals surface area contributed by atoms with Gasteiger partial charge in [0.25, 0.3) is 0 Å². The van der Waals surface area contributed by atoms with Gasteiger partial charge in [-0.25, -0.2) is 9.07 Å². The number of halogens is 4. The molecule has 1 aromatic carbocycles. The maximum atomic E-state index is 13.0. The fraction of sp³-hybridized carbons (Fsp3) is 0.375. The zero-order chi connectivity index (χ0) is 17.3. The minimum Gasteiger partial charge on any atom is -0.297 e. The summed E-state index contributed by atoms with van der Waals surface area (Å²) in [4.78, 5) is 13.7. The van der Waals surface area contributed by atoms with E-state index >= 15 is 0 Å². The Bertz CT molecular complexity index is 724. The molecule has 0 saturated heterocycles. The molecule has 1 atom stereocenters. The molecule has 24 heavy (non-hydrogen) atoms. The van der Waals surface area contributed by atoms with Crippen molar-refractivity contribution in [1.82, 2.24) is 9.78 Å². The standard InChI is InChI=1S/C16H15F4N3O/c17-12-4-1-11(2-5-12)3-6-15(24)22-10-8-13(16(18,19)20)23-14(22)7-9-21-23/h1-2,4-5,7,9,13H,3,6,8,10H2. The van der Waals surface area contributed by atoms with Gasteiger partial charge < -0.3 is 0 Å². The highest BCUT2D eigenvalue weighted by Gasteiger charge is 2.45. The first-order valence-electron chi connectivity index (χ1n) is 7.51. The van der Waals surface area contributed by atoms with Gasteiger partial charge in [-0.2, -0.15) is 18.3 Å². The number of benzene rings is 1. The van der Waals surface area contributed by atoms with E-state index in [9.17, 15) is 22.4 Å². The van der Waals surface area contributed by atoms with E-state index in [0.29, 0.717) is 6.42 Å². The number of fused-ring (bicyclic) bond motifs is 1. The van der Waals surface area contributed by atoms with Crippen LogP contribution in [0.5, 0.6) is 0 Å². The zero-order valence-corrected chi connectivity index (χ0v) is 12.6. The predicted molar refractivity (Wildman–Crippen MR) is 79.0 cm³/mol. The van der Waals surface area contributed by atoms with Crippen molar-refractivity contribution in [1.29, 1.82) is 0 Å². The van der Waals surface area contributed by atoms with Crippen molar-refractivity contribution >= 4 is 11.7 Å². The number of hydrogen-bond acceptors (Lipinski definition) is 2. The van der Waals surface area contributed by atoms with Gasteiger partial charge in [-0.05, 0) is 30.5 Å². The van der Waals surface area contributed by atoms with Crippen LogP contribution in [0.4, 0.5) is 23.4 Å². The first-order chi connectivity index (χ1) is 11.4. The van der Waals surface area contributed by atoms with Crippen molar-refractivity contribution in [3.63, 3.8) is 0 Å². The van der Waals surface area contributed by atoms with Crippen LogP contribution in [0.3, 0.4) is 0 Å². The number of aryl methyl sites for hydroxylation is 1. The highest BCUT2D eigenvalue weighted by atomic mass is 19.4. The molecule has 0 aliphatic carbocycles. The summed E-state index contributed by atoms with van der Waals surface area (Å²) in [6.45, 7) is -0.00186. The largest absolute Gasteiger partial charge is 0.410 e. The Balaban J connectivity index is 1.71. The lowest BCUT2D eigenvalue weighted by molar-refractivity contribution is -0.172. The number of amides is 1. The Hall–Kier alpha value is -2.38. The number of nitrogens with zero attached hydrogens (tertiary/aromatic N) is 3. The molecule has 0 N–H and O–H groups in total. The summed E-state index contributed by atoms with van der Waals surface area (Å²) in [5, 5.41) is 3.73. The molecule has 0 saturated carbocycles. The average molecular weight is 341 g/mol. The van der Waals surface area contributed by atoms with Crippen molar-refractivity contribution in [2.24, 2.45) is 0 Å². The van der Waals surface area contributed by atoms with Gasteiger partial charge in [0.15, 0.2) is 6.04 Å². The topological polar surface area (TPSA) is 38.1 Å². The Labute approximate surface area is 135 Å². The number of rotatable bonds is 3. The van der Waals surface area contributed by atoms with Gasteiger partial charge in [0.05, 0.1) is 6.20 Å². The number of aromatic nitrogens is 2. The first kappa shape index (κ1) is 16.5. The minimum absolute atomic E-state index is 0.00186. The summed E-state index contributed by atoms with van der Waals surface area (Å²) in [7, 11) is 0. The quantitative estimate of drug-likeness (QED) is 0.802. The van der Waals surface area contributed by atoms with E-state index in [2.05, 4.69) is 5.10 Å². The van der Waals surface area contributed by atoms with Crippen molar-refractivity contribution < 1.29 is 22.4 Å². The van der Waals surface area contributed by atoms with Crippen LogP contribution in [0.25, 0.3) is 0 Å². The lowest BCUT2D eigenvalue weighted by Gasteiger charge is -2.33. The van der Waals surface area contributed by atoms with Crippen molar-refractivity contribution in [3.05, 3.63) is 47.9 Å². The van der Waals surface area contributed by atoms with Crippen molar-refractivity contribution in [3.8, 4) is 0 Å². The molecule has 8 heteroatoms. The fourth-order valence-corrected chi connectivity index (χ4v) is 2.84. The number of anilines is 1. The molecular formula is C16H15F4N3O. The van der Waals surface area contributed by atoms with Gasteiger partial charge in [-0.3, -0.25) is 9.69 Å². The summed E-state index contributed by atoms with van der Waals surface area (Å²) in [5.74, 6) is -0.474. The van der Waals surface area contributed by atoms with Crippen molar-refractivity contribution in [2.45, 2.75) is 31.5 Å². The van der Waals surface area contributed by atoms with Crippen molar-refractivity contribution in [2.75, 3.05) is 11.4 Å². The predicted octanol–water partition coefficient (Wildman–Crippen LogP) is 3.50. The molecule has 3 rings (SSSR count). The van der Waals surface area contributed by atoms with Gasteiger partial charge in [0, 0.05) is 19.0 Å². The second kappa shape index (κ2) is 6.26. The summed E-state index contributed by atoms with van der Waals surface area (Å²) in [6, 6.07) is 5.50. The fourth-order valence-electron chi connectivity index (χ4n) is 2.84. The maximum absolute atomic E-state index is 13.0. The Morgan fingerprint density at radius 3 is 2.58 bits per heavy atom. The molecule has 0 bridgehead atoms. The van der Waals surface area contributed by atoms with Crippen LogP contribution in [0.2, 0.25) is 0 Å². The third-order valence-corrected chi connectivity index (χ3v) is 4.07. The molecule has 0 radical (unpaired) electrons. The Morgan fingerprint density at radius 1 is 1.21 bits per heavy atom. The molecule has 0 fully saturated rings. The van der Waals surface area contributed by atoms with Crippen LogP contribution in [0.1, 0.15) is 24.4 Å². The van der Waals surface area contributed by atoms with Gasteiger partial charge in [-0.15, -0.1) is 0 Å². The van der Waals surface area contributed by atoms with Crippen LogP contribution in [-0.2, 0) is 11.2 Å². The lowest BCUT2D eigenvalue weighted by Crippen LogP contribution is -2.43. The van der Waals surface area contributed by atoms with E-state index in [1.807, 2.05) is 0 Å². The molecular weight excluding hydrogens is 326 g/mol. The SMILES string of the molecule is O=C(CCc1ccc(F)cc1)N1CCC(C(F)(F)F)n2nccc21. The van der Waals surface area contributed by atoms with E-state index in [-0.39, 0.29) is 36.9 Å². The number of alkyl halides is 3. The molecule has 1 aliphatic rings. The number of hydrogen-bond donors (Lipinski definition) is 0. The monoisotopic (exact) mass is 341 g/mol. The van der Waals surface area contributed by atoms with E-state index in [4.69, 9.17) is 0 Å². The molecule has 2 heterocycles. The molecule has 0 spiro atoms. The molecule has 128 valence electrons. The van der Waals surface area contributed by atoms with Crippen LogP contribution in [-0.4, -0.2) is 28.4 Å². The third kappa shape index (κ3) is 3.27. The maximum Gasteiger partial charge on any atom is 0.410 e. The van der Waals surface area contributed by atoms with Gasteiger partial charge in [0.1, 0.15) is 11.6 Å². The normalized spacial score (nSPS) is 17.7. The number of carbonyl (C=O) groups excluding carboxylic acids is 1. The van der Waals surface area contributed by atoms with E-state index in [1.54, 1.807) is 12.1 Å². The number of carbonyl (C=O) groups is 1. The van der Waals surface area contributed by atoms with Gasteiger partial charge in [-0.1, -0.05) is 12.1 Å². The highest BCUT2D eigenvalue weighted by molar-refractivity contribution is 5.92. The summed E-state index contributed by atoms with van der Waals surface area (Å²) < 4.78 is 52.8. The third-order valence-electron chi connectivity index (χ3n) is 4.07. The van der Waals surface area contributed by atoms with E-state index in [0.717, 1.165) is 10.2 Å².